The minimum Gasteiger partial charge on any atom is -0.317 e. The van der Waals surface area contributed by atoms with Crippen molar-refractivity contribution in [1.82, 2.24) is 10.2 Å². The number of hydrogen-bond acceptors (Lipinski definition) is 2. The molecule has 2 aliphatic rings. The Bertz CT molecular complexity index is 227. The van der Waals surface area contributed by atoms with E-state index in [1.54, 1.807) is 0 Å². The molecule has 0 aromatic rings. The van der Waals surface area contributed by atoms with Gasteiger partial charge in [-0.15, -0.1) is 0 Å². The first-order valence-corrected chi connectivity index (χ1v) is 8.78. The van der Waals surface area contributed by atoms with Crippen LogP contribution in [0.1, 0.15) is 77.6 Å². The maximum absolute atomic E-state index is 3.52. The highest BCUT2D eigenvalue weighted by Gasteiger charge is 2.36. The summed E-state index contributed by atoms with van der Waals surface area (Å²) in [5, 5.41) is 3.52. The summed E-state index contributed by atoms with van der Waals surface area (Å²) in [6.45, 7) is 3.67. The molecule has 0 saturated carbocycles. The van der Waals surface area contributed by atoms with Crippen LogP contribution in [0.4, 0.5) is 0 Å². The van der Waals surface area contributed by atoms with E-state index in [4.69, 9.17) is 0 Å². The van der Waals surface area contributed by atoms with E-state index in [0.717, 1.165) is 18.1 Å². The molecular weight excluding hydrogens is 232 g/mol. The molecule has 2 heterocycles. The normalized spacial score (nSPS) is 31.6. The monoisotopic (exact) mass is 266 g/mol. The molecule has 1 N–H and O–H groups in total. The molecule has 2 heteroatoms. The van der Waals surface area contributed by atoms with Crippen molar-refractivity contribution in [2.75, 3.05) is 13.6 Å². The summed E-state index contributed by atoms with van der Waals surface area (Å²) in [6, 6.07) is 2.57. The van der Waals surface area contributed by atoms with Crippen LogP contribution in [-0.2, 0) is 0 Å². The number of unbranched alkanes of at least 4 members (excludes halogenated alkanes) is 5. The van der Waals surface area contributed by atoms with Gasteiger partial charge >= 0.3 is 0 Å². The average molecular weight is 266 g/mol. The number of fused-ring (bicyclic) bond motifs is 2. The SMILES string of the molecule is CCCCCCCCN1C2CCCC1CC(NC)C2. The summed E-state index contributed by atoms with van der Waals surface area (Å²) in [5.74, 6) is 0. The van der Waals surface area contributed by atoms with E-state index < -0.39 is 0 Å². The molecule has 0 aromatic heterocycles. The van der Waals surface area contributed by atoms with Crippen LogP contribution in [0.5, 0.6) is 0 Å². The molecular formula is C17H34N2. The van der Waals surface area contributed by atoms with Gasteiger partial charge in [-0.25, -0.2) is 0 Å². The highest BCUT2D eigenvalue weighted by molar-refractivity contribution is 4.94. The second-order valence-corrected chi connectivity index (χ2v) is 6.70. The Labute approximate surface area is 120 Å². The van der Waals surface area contributed by atoms with Gasteiger partial charge in [0, 0.05) is 18.1 Å². The van der Waals surface area contributed by atoms with Gasteiger partial charge in [0.15, 0.2) is 0 Å². The summed E-state index contributed by atoms with van der Waals surface area (Å²) in [6.07, 6.45) is 15.7. The van der Waals surface area contributed by atoms with Crippen LogP contribution in [-0.4, -0.2) is 36.6 Å². The summed E-state index contributed by atoms with van der Waals surface area (Å²) in [7, 11) is 2.14. The number of hydrogen-bond donors (Lipinski definition) is 1. The van der Waals surface area contributed by atoms with Crippen molar-refractivity contribution >= 4 is 0 Å². The molecule has 2 unspecified atom stereocenters. The Kier molecular flexibility index (Phi) is 6.66. The Morgan fingerprint density at radius 2 is 1.58 bits per heavy atom. The predicted octanol–water partition coefficient (Wildman–Crippen LogP) is 3.95. The van der Waals surface area contributed by atoms with Gasteiger partial charge < -0.3 is 5.32 Å². The van der Waals surface area contributed by atoms with E-state index in [9.17, 15) is 0 Å². The number of nitrogens with zero attached hydrogens (tertiary/aromatic N) is 1. The van der Waals surface area contributed by atoms with Crippen molar-refractivity contribution in [3.05, 3.63) is 0 Å². The van der Waals surface area contributed by atoms with Gasteiger partial charge in [-0.1, -0.05) is 45.4 Å². The van der Waals surface area contributed by atoms with Crippen molar-refractivity contribution in [2.24, 2.45) is 0 Å². The molecule has 2 aliphatic heterocycles. The highest BCUT2D eigenvalue weighted by atomic mass is 15.2. The van der Waals surface area contributed by atoms with Gasteiger partial charge in [-0.3, -0.25) is 4.90 Å². The smallest absolute Gasteiger partial charge is 0.0113 e. The largest absolute Gasteiger partial charge is 0.317 e. The molecule has 0 amide bonds. The highest BCUT2D eigenvalue weighted by Crippen LogP contribution is 2.34. The molecule has 2 bridgehead atoms. The first kappa shape index (κ1) is 15.3. The molecule has 2 fully saturated rings. The van der Waals surface area contributed by atoms with E-state index in [-0.39, 0.29) is 0 Å². The fourth-order valence-corrected chi connectivity index (χ4v) is 4.15. The third kappa shape index (κ3) is 4.46. The molecule has 0 spiro atoms. The minimum atomic E-state index is 0.788. The van der Waals surface area contributed by atoms with Crippen LogP contribution >= 0.6 is 0 Å². The lowest BCUT2D eigenvalue weighted by Crippen LogP contribution is -2.55. The van der Waals surface area contributed by atoms with Crippen molar-refractivity contribution in [2.45, 2.75) is 95.7 Å². The second kappa shape index (κ2) is 8.26. The van der Waals surface area contributed by atoms with Crippen LogP contribution in [0.25, 0.3) is 0 Å². The first-order chi connectivity index (χ1) is 9.35. The van der Waals surface area contributed by atoms with Crippen molar-refractivity contribution in [3.8, 4) is 0 Å². The molecule has 19 heavy (non-hydrogen) atoms. The van der Waals surface area contributed by atoms with Crippen molar-refractivity contribution < 1.29 is 0 Å². The second-order valence-electron chi connectivity index (χ2n) is 6.70. The van der Waals surface area contributed by atoms with E-state index in [1.807, 2.05) is 0 Å². The molecule has 2 nitrogen and oxygen atoms in total. The molecule has 112 valence electrons. The zero-order valence-electron chi connectivity index (χ0n) is 13.2. The molecule has 0 radical (unpaired) electrons. The van der Waals surface area contributed by atoms with Crippen molar-refractivity contribution in [1.29, 1.82) is 0 Å². The molecule has 2 rings (SSSR count). The minimum absolute atomic E-state index is 0.788. The third-order valence-corrected chi connectivity index (χ3v) is 5.30. The van der Waals surface area contributed by atoms with Crippen LogP contribution in [0, 0.1) is 0 Å². The maximum atomic E-state index is 3.52. The number of rotatable bonds is 8. The first-order valence-electron chi connectivity index (χ1n) is 8.78. The van der Waals surface area contributed by atoms with Gasteiger partial charge in [0.25, 0.3) is 0 Å². The zero-order chi connectivity index (χ0) is 13.5. The van der Waals surface area contributed by atoms with E-state index in [2.05, 4.69) is 24.2 Å². The lowest BCUT2D eigenvalue weighted by atomic mass is 9.81. The Hall–Kier alpha value is -0.0800. The fraction of sp³-hybridized carbons (Fsp3) is 1.00. The van der Waals surface area contributed by atoms with Gasteiger partial charge in [-0.05, 0) is 45.7 Å². The Morgan fingerprint density at radius 1 is 0.947 bits per heavy atom. The summed E-state index contributed by atoms with van der Waals surface area (Å²) in [4.78, 5) is 2.87. The third-order valence-electron chi connectivity index (χ3n) is 5.30. The molecule has 2 saturated heterocycles. The van der Waals surface area contributed by atoms with E-state index in [0.29, 0.717) is 0 Å². The van der Waals surface area contributed by atoms with Gasteiger partial charge in [0.2, 0.25) is 0 Å². The summed E-state index contributed by atoms with van der Waals surface area (Å²) < 4.78 is 0. The Morgan fingerprint density at radius 3 is 2.21 bits per heavy atom. The fourth-order valence-electron chi connectivity index (χ4n) is 4.15. The standard InChI is InChI=1S/C17H34N2/c1-3-4-5-6-7-8-12-19-16-10-9-11-17(19)14-15(13-16)18-2/h15-18H,3-14H2,1-2H3. The molecule has 2 atom stereocenters. The van der Waals surface area contributed by atoms with E-state index >= 15 is 0 Å². The lowest BCUT2D eigenvalue weighted by Gasteiger charge is -2.49. The Balaban J connectivity index is 1.68. The van der Waals surface area contributed by atoms with E-state index in [1.165, 1.54) is 77.2 Å². The van der Waals surface area contributed by atoms with Gasteiger partial charge in [0.05, 0.1) is 0 Å². The lowest BCUT2D eigenvalue weighted by molar-refractivity contribution is 0.0247. The van der Waals surface area contributed by atoms with Crippen LogP contribution in [0.15, 0.2) is 0 Å². The summed E-state index contributed by atoms with van der Waals surface area (Å²) in [5.41, 5.74) is 0. The van der Waals surface area contributed by atoms with Crippen LogP contribution in [0.2, 0.25) is 0 Å². The number of nitrogens with one attached hydrogen (secondary N) is 1. The topological polar surface area (TPSA) is 15.3 Å². The zero-order valence-corrected chi connectivity index (χ0v) is 13.2. The van der Waals surface area contributed by atoms with Crippen LogP contribution in [0.3, 0.4) is 0 Å². The molecule has 0 aromatic carbocycles. The quantitative estimate of drug-likeness (QED) is 0.669. The maximum Gasteiger partial charge on any atom is 0.0113 e. The van der Waals surface area contributed by atoms with Crippen molar-refractivity contribution in [3.63, 3.8) is 0 Å². The molecule has 0 aliphatic carbocycles. The predicted molar refractivity (Wildman–Crippen MR) is 83.6 cm³/mol. The average Bonchev–Trinajstić information content (AvgIpc) is 2.42. The number of piperidine rings is 2. The van der Waals surface area contributed by atoms with Crippen LogP contribution < -0.4 is 5.32 Å². The van der Waals surface area contributed by atoms with Gasteiger partial charge in [0.1, 0.15) is 0 Å². The van der Waals surface area contributed by atoms with Gasteiger partial charge in [-0.2, -0.15) is 0 Å². The summed E-state index contributed by atoms with van der Waals surface area (Å²) >= 11 is 0.